The third-order valence-electron chi connectivity index (χ3n) is 3.27. The van der Waals surface area contributed by atoms with Crippen LogP contribution in [0.15, 0.2) is 42.7 Å². The number of amides is 1. The average Bonchev–Trinajstić information content (AvgIpc) is 2.54. The van der Waals surface area contributed by atoms with Crippen molar-refractivity contribution in [3.05, 3.63) is 48.3 Å². The highest BCUT2D eigenvalue weighted by atomic mass is 16.5. The Balaban J connectivity index is 2.24. The largest absolute Gasteiger partial charge is 0.497 e. The molecule has 0 unspecified atom stereocenters. The molecule has 0 radical (unpaired) electrons. The molecule has 2 rings (SSSR count). The maximum atomic E-state index is 12.2. The first kappa shape index (κ1) is 16.0. The molecular formula is C17H20N2O3. The molecule has 0 saturated carbocycles. The molecule has 1 aromatic heterocycles. The zero-order chi connectivity index (χ0) is 16.2. The Morgan fingerprint density at radius 2 is 1.91 bits per heavy atom. The van der Waals surface area contributed by atoms with Crippen LogP contribution in [0.1, 0.15) is 24.2 Å². The fourth-order valence-corrected chi connectivity index (χ4v) is 1.92. The van der Waals surface area contributed by atoms with Crippen LogP contribution < -0.4 is 10.1 Å². The Bertz CT molecular complexity index is 651. The van der Waals surface area contributed by atoms with Gasteiger partial charge in [-0.3, -0.25) is 9.78 Å². The number of hydrogen-bond acceptors (Lipinski definition) is 4. The van der Waals surface area contributed by atoms with Crippen LogP contribution in [0.25, 0.3) is 11.1 Å². The number of pyridine rings is 1. The molecule has 5 heteroatoms. The number of carbonyl (C=O) groups is 1. The molecule has 0 atom stereocenters. The summed E-state index contributed by atoms with van der Waals surface area (Å²) < 4.78 is 5.13. The van der Waals surface area contributed by atoms with E-state index in [0.29, 0.717) is 5.56 Å². The van der Waals surface area contributed by atoms with Crippen LogP contribution in [0.3, 0.4) is 0 Å². The van der Waals surface area contributed by atoms with E-state index in [4.69, 9.17) is 4.74 Å². The summed E-state index contributed by atoms with van der Waals surface area (Å²) in [4.78, 5) is 16.3. The monoisotopic (exact) mass is 300 g/mol. The summed E-state index contributed by atoms with van der Waals surface area (Å²) in [5.74, 6) is 0.511. The SMILES string of the molecule is COc1ccc(-c2cncc(C(=O)NC(C)(C)CO)c2)cc1. The van der Waals surface area contributed by atoms with Gasteiger partial charge >= 0.3 is 0 Å². The molecule has 0 aliphatic rings. The van der Waals surface area contributed by atoms with E-state index in [-0.39, 0.29) is 12.5 Å². The molecule has 22 heavy (non-hydrogen) atoms. The molecule has 1 amide bonds. The van der Waals surface area contributed by atoms with Gasteiger partial charge < -0.3 is 15.2 Å². The molecule has 0 spiro atoms. The van der Waals surface area contributed by atoms with Gasteiger partial charge in [-0.1, -0.05) is 12.1 Å². The molecule has 116 valence electrons. The van der Waals surface area contributed by atoms with Crippen molar-refractivity contribution >= 4 is 5.91 Å². The average molecular weight is 300 g/mol. The lowest BCUT2D eigenvalue weighted by atomic mass is 10.0. The quantitative estimate of drug-likeness (QED) is 0.888. The number of aliphatic hydroxyl groups excluding tert-OH is 1. The summed E-state index contributed by atoms with van der Waals surface area (Å²) in [7, 11) is 1.62. The van der Waals surface area contributed by atoms with Crippen molar-refractivity contribution < 1.29 is 14.6 Å². The van der Waals surface area contributed by atoms with Gasteiger partial charge in [-0.15, -0.1) is 0 Å². The van der Waals surface area contributed by atoms with Crippen molar-refractivity contribution in [3.63, 3.8) is 0 Å². The van der Waals surface area contributed by atoms with Crippen LogP contribution in [-0.2, 0) is 0 Å². The minimum atomic E-state index is -0.673. The van der Waals surface area contributed by atoms with Gasteiger partial charge in [-0.25, -0.2) is 0 Å². The van der Waals surface area contributed by atoms with E-state index >= 15 is 0 Å². The lowest BCUT2D eigenvalue weighted by Crippen LogP contribution is -2.46. The van der Waals surface area contributed by atoms with Crippen molar-refractivity contribution in [1.29, 1.82) is 0 Å². The van der Waals surface area contributed by atoms with Gasteiger partial charge in [0.2, 0.25) is 0 Å². The number of nitrogens with zero attached hydrogens (tertiary/aromatic N) is 1. The van der Waals surface area contributed by atoms with Crippen molar-refractivity contribution in [2.75, 3.05) is 13.7 Å². The van der Waals surface area contributed by atoms with Gasteiger partial charge in [0.1, 0.15) is 5.75 Å². The summed E-state index contributed by atoms with van der Waals surface area (Å²) in [6.07, 6.45) is 3.21. The highest BCUT2D eigenvalue weighted by Crippen LogP contribution is 2.22. The summed E-state index contributed by atoms with van der Waals surface area (Å²) in [6, 6.07) is 9.32. The number of methoxy groups -OCH3 is 1. The number of hydrogen-bond donors (Lipinski definition) is 2. The van der Waals surface area contributed by atoms with Gasteiger partial charge in [0.15, 0.2) is 0 Å². The lowest BCUT2D eigenvalue weighted by molar-refractivity contribution is 0.0869. The number of ether oxygens (including phenoxy) is 1. The summed E-state index contributed by atoms with van der Waals surface area (Å²) >= 11 is 0. The Morgan fingerprint density at radius 1 is 1.23 bits per heavy atom. The second kappa shape index (κ2) is 6.58. The number of rotatable bonds is 5. The van der Waals surface area contributed by atoms with E-state index in [1.54, 1.807) is 33.2 Å². The molecule has 2 aromatic rings. The van der Waals surface area contributed by atoms with Gasteiger partial charge in [-0.2, -0.15) is 0 Å². The molecular weight excluding hydrogens is 280 g/mol. The maximum absolute atomic E-state index is 12.2. The molecule has 1 heterocycles. The van der Waals surface area contributed by atoms with Crippen molar-refractivity contribution in [2.24, 2.45) is 0 Å². The first-order chi connectivity index (χ1) is 10.4. The summed E-state index contributed by atoms with van der Waals surface area (Å²) in [5.41, 5.74) is 1.57. The summed E-state index contributed by atoms with van der Waals surface area (Å²) in [5, 5.41) is 12.0. The van der Waals surface area contributed by atoms with Gasteiger partial charge in [0.25, 0.3) is 5.91 Å². The second-order valence-corrected chi connectivity index (χ2v) is 5.69. The number of carbonyl (C=O) groups excluding carboxylic acids is 1. The third kappa shape index (κ3) is 3.83. The van der Waals surface area contributed by atoms with Crippen LogP contribution in [0.5, 0.6) is 5.75 Å². The maximum Gasteiger partial charge on any atom is 0.253 e. The predicted octanol–water partition coefficient (Wildman–Crippen LogP) is 2.26. The zero-order valence-electron chi connectivity index (χ0n) is 13.0. The van der Waals surface area contributed by atoms with Crippen LogP contribution in [-0.4, -0.2) is 35.3 Å². The fraction of sp³-hybridized carbons (Fsp3) is 0.294. The third-order valence-corrected chi connectivity index (χ3v) is 3.27. The zero-order valence-corrected chi connectivity index (χ0v) is 13.0. The minimum absolute atomic E-state index is 0.135. The Labute approximate surface area is 130 Å². The smallest absolute Gasteiger partial charge is 0.253 e. The summed E-state index contributed by atoms with van der Waals surface area (Å²) in [6.45, 7) is 3.38. The molecule has 1 aromatic carbocycles. The van der Waals surface area contributed by atoms with E-state index in [0.717, 1.165) is 16.9 Å². The van der Waals surface area contributed by atoms with E-state index in [9.17, 15) is 9.90 Å². The van der Waals surface area contributed by atoms with Crippen LogP contribution in [0.2, 0.25) is 0 Å². The van der Waals surface area contributed by atoms with Crippen LogP contribution in [0.4, 0.5) is 0 Å². The molecule has 0 aliphatic heterocycles. The van der Waals surface area contributed by atoms with Crippen LogP contribution >= 0.6 is 0 Å². The van der Waals surface area contributed by atoms with E-state index in [2.05, 4.69) is 10.3 Å². The molecule has 0 aliphatic carbocycles. The van der Waals surface area contributed by atoms with Gasteiger partial charge in [-0.05, 0) is 37.6 Å². The van der Waals surface area contributed by atoms with E-state index in [1.807, 2.05) is 24.3 Å². The Kier molecular flexibility index (Phi) is 4.78. The van der Waals surface area contributed by atoms with Crippen LogP contribution in [0, 0.1) is 0 Å². The van der Waals surface area contributed by atoms with E-state index < -0.39 is 5.54 Å². The second-order valence-electron chi connectivity index (χ2n) is 5.69. The Morgan fingerprint density at radius 3 is 2.50 bits per heavy atom. The predicted molar refractivity (Wildman–Crippen MR) is 84.9 cm³/mol. The Hall–Kier alpha value is -2.40. The van der Waals surface area contributed by atoms with Crippen molar-refractivity contribution in [1.82, 2.24) is 10.3 Å². The number of nitrogens with one attached hydrogen (secondary N) is 1. The normalized spacial score (nSPS) is 11.1. The van der Waals surface area contributed by atoms with E-state index in [1.165, 1.54) is 6.20 Å². The highest BCUT2D eigenvalue weighted by molar-refractivity contribution is 5.95. The molecule has 0 bridgehead atoms. The number of aromatic nitrogens is 1. The first-order valence-electron chi connectivity index (χ1n) is 6.98. The number of benzene rings is 1. The highest BCUT2D eigenvalue weighted by Gasteiger charge is 2.20. The minimum Gasteiger partial charge on any atom is -0.497 e. The first-order valence-corrected chi connectivity index (χ1v) is 6.98. The van der Waals surface area contributed by atoms with Crippen molar-refractivity contribution in [3.8, 4) is 16.9 Å². The molecule has 2 N–H and O–H groups in total. The van der Waals surface area contributed by atoms with Crippen molar-refractivity contribution in [2.45, 2.75) is 19.4 Å². The molecule has 0 fully saturated rings. The standard InChI is InChI=1S/C17H20N2O3/c1-17(2,11-20)19-16(21)14-8-13(9-18-10-14)12-4-6-15(22-3)7-5-12/h4-10,20H,11H2,1-3H3,(H,19,21). The topological polar surface area (TPSA) is 71.5 Å². The number of aliphatic hydroxyl groups is 1. The fourth-order valence-electron chi connectivity index (χ4n) is 1.92. The lowest BCUT2D eigenvalue weighted by Gasteiger charge is -2.23. The van der Waals surface area contributed by atoms with Gasteiger partial charge in [0.05, 0.1) is 24.8 Å². The van der Waals surface area contributed by atoms with Gasteiger partial charge in [0, 0.05) is 18.0 Å². The molecule has 0 saturated heterocycles. The molecule has 5 nitrogen and oxygen atoms in total.